The minimum Gasteiger partial charge on any atom is -0.298 e. The summed E-state index contributed by atoms with van der Waals surface area (Å²) in [6, 6.07) is 5.74. The maximum absolute atomic E-state index is 5.79. The van der Waals surface area contributed by atoms with Crippen LogP contribution in [0, 0.1) is 0 Å². The minimum absolute atomic E-state index is 0.574. The van der Waals surface area contributed by atoms with E-state index >= 15 is 0 Å². The Hall–Kier alpha value is -0.600. The van der Waals surface area contributed by atoms with Gasteiger partial charge in [0.25, 0.3) is 0 Å². The Bertz CT molecular complexity index is 259. The molecule has 1 aromatic heterocycles. The second kappa shape index (κ2) is 5.20. The van der Waals surface area contributed by atoms with E-state index < -0.39 is 0 Å². The van der Waals surface area contributed by atoms with E-state index in [1.54, 1.807) is 6.07 Å². The van der Waals surface area contributed by atoms with Crippen LogP contribution in [0.4, 0.5) is 0 Å². The fourth-order valence-corrected chi connectivity index (χ4v) is 1.40. The molecule has 13 heavy (non-hydrogen) atoms. The zero-order valence-corrected chi connectivity index (χ0v) is 8.88. The van der Waals surface area contributed by atoms with Crippen LogP contribution in [-0.4, -0.2) is 23.0 Å². The summed E-state index contributed by atoms with van der Waals surface area (Å²) in [6.07, 6.45) is 0. The summed E-state index contributed by atoms with van der Waals surface area (Å²) in [6.45, 7) is 7.27. The van der Waals surface area contributed by atoms with Crippen LogP contribution in [0.2, 0.25) is 5.15 Å². The molecule has 0 atom stereocenters. The van der Waals surface area contributed by atoms with E-state index in [9.17, 15) is 0 Å². The molecule has 0 spiro atoms. The standard InChI is InChI=1S/C10H15ClN2/c1-3-13(4-2)8-9-6-5-7-10(11)12-9/h5-7H,3-4,8H2,1-2H3. The van der Waals surface area contributed by atoms with E-state index in [-0.39, 0.29) is 0 Å². The van der Waals surface area contributed by atoms with E-state index in [2.05, 4.69) is 23.7 Å². The third-order valence-electron chi connectivity index (χ3n) is 2.05. The summed E-state index contributed by atoms with van der Waals surface area (Å²) in [5.74, 6) is 0. The van der Waals surface area contributed by atoms with Crippen molar-refractivity contribution >= 4 is 11.6 Å². The lowest BCUT2D eigenvalue weighted by Gasteiger charge is -2.17. The summed E-state index contributed by atoms with van der Waals surface area (Å²) < 4.78 is 0. The van der Waals surface area contributed by atoms with Gasteiger partial charge < -0.3 is 0 Å². The van der Waals surface area contributed by atoms with E-state index in [0.29, 0.717) is 5.15 Å². The zero-order chi connectivity index (χ0) is 9.68. The molecule has 3 heteroatoms. The van der Waals surface area contributed by atoms with Gasteiger partial charge in [-0.05, 0) is 25.2 Å². The van der Waals surface area contributed by atoms with Crippen LogP contribution in [0.15, 0.2) is 18.2 Å². The highest BCUT2D eigenvalue weighted by Gasteiger charge is 2.01. The molecule has 0 unspecified atom stereocenters. The van der Waals surface area contributed by atoms with Crippen LogP contribution in [0.5, 0.6) is 0 Å². The Morgan fingerprint density at radius 3 is 2.54 bits per heavy atom. The molecule has 0 N–H and O–H groups in total. The molecule has 72 valence electrons. The van der Waals surface area contributed by atoms with Crippen LogP contribution in [-0.2, 0) is 6.54 Å². The number of halogens is 1. The topological polar surface area (TPSA) is 16.1 Å². The highest BCUT2D eigenvalue weighted by molar-refractivity contribution is 6.29. The minimum atomic E-state index is 0.574. The summed E-state index contributed by atoms with van der Waals surface area (Å²) in [5, 5.41) is 0.574. The van der Waals surface area contributed by atoms with Crippen molar-refractivity contribution in [1.82, 2.24) is 9.88 Å². The number of aromatic nitrogens is 1. The fraction of sp³-hybridized carbons (Fsp3) is 0.500. The summed E-state index contributed by atoms with van der Waals surface area (Å²) in [7, 11) is 0. The molecule has 0 aliphatic heterocycles. The summed E-state index contributed by atoms with van der Waals surface area (Å²) in [5.41, 5.74) is 1.04. The molecule has 0 radical (unpaired) electrons. The van der Waals surface area contributed by atoms with Crippen molar-refractivity contribution in [2.45, 2.75) is 20.4 Å². The van der Waals surface area contributed by atoms with Gasteiger partial charge in [0.1, 0.15) is 5.15 Å². The Kier molecular flexibility index (Phi) is 4.19. The third-order valence-corrected chi connectivity index (χ3v) is 2.26. The molecule has 0 aliphatic carbocycles. The molecule has 0 aromatic carbocycles. The largest absolute Gasteiger partial charge is 0.298 e. The molecule has 1 heterocycles. The number of pyridine rings is 1. The lowest BCUT2D eigenvalue weighted by atomic mass is 10.3. The van der Waals surface area contributed by atoms with Crippen molar-refractivity contribution in [3.8, 4) is 0 Å². The maximum Gasteiger partial charge on any atom is 0.129 e. The Balaban J connectivity index is 2.62. The van der Waals surface area contributed by atoms with Crippen LogP contribution in [0.25, 0.3) is 0 Å². The summed E-state index contributed by atoms with van der Waals surface area (Å²) in [4.78, 5) is 6.54. The Labute approximate surface area is 84.5 Å². The second-order valence-electron chi connectivity index (χ2n) is 2.91. The lowest BCUT2D eigenvalue weighted by molar-refractivity contribution is 0.292. The van der Waals surface area contributed by atoms with Gasteiger partial charge in [0.2, 0.25) is 0 Å². The number of rotatable bonds is 4. The van der Waals surface area contributed by atoms with Crippen molar-refractivity contribution in [3.63, 3.8) is 0 Å². The van der Waals surface area contributed by atoms with Gasteiger partial charge >= 0.3 is 0 Å². The van der Waals surface area contributed by atoms with Gasteiger partial charge in [-0.25, -0.2) is 4.98 Å². The van der Waals surface area contributed by atoms with Crippen LogP contribution in [0.3, 0.4) is 0 Å². The van der Waals surface area contributed by atoms with Gasteiger partial charge in [0.05, 0.1) is 5.69 Å². The first-order valence-electron chi connectivity index (χ1n) is 4.60. The first-order chi connectivity index (χ1) is 6.26. The van der Waals surface area contributed by atoms with Gasteiger partial charge in [-0.1, -0.05) is 31.5 Å². The van der Waals surface area contributed by atoms with Gasteiger partial charge in [-0.3, -0.25) is 4.90 Å². The molecule has 1 aromatic rings. The molecule has 2 nitrogen and oxygen atoms in total. The monoisotopic (exact) mass is 198 g/mol. The zero-order valence-electron chi connectivity index (χ0n) is 8.13. The first-order valence-corrected chi connectivity index (χ1v) is 4.97. The molecule has 0 saturated heterocycles. The van der Waals surface area contributed by atoms with Gasteiger partial charge in [0, 0.05) is 6.54 Å². The maximum atomic E-state index is 5.79. The van der Waals surface area contributed by atoms with E-state index in [1.807, 2.05) is 12.1 Å². The molecule has 0 amide bonds. The normalized spacial score (nSPS) is 10.8. The van der Waals surface area contributed by atoms with Crippen molar-refractivity contribution in [1.29, 1.82) is 0 Å². The van der Waals surface area contributed by atoms with Crippen molar-refractivity contribution in [2.75, 3.05) is 13.1 Å². The van der Waals surface area contributed by atoms with Crippen LogP contribution < -0.4 is 0 Å². The first kappa shape index (κ1) is 10.5. The Morgan fingerprint density at radius 2 is 2.00 bits per heavy atom. The Morgan fingerprint density at radius 1 is 1.31 bits per heavy atom. The highest BCUT2D eigenvalue weighted by Crippen LogP contribution is 2.07. The fourth-order valence-electron chi connectivity index (χ4n) is 1.21. The lowest BCUT2D eigenvalue weighted by Crippen LogP contribution is -2.22. The number of nitrogens with zero attached hydrogens (tertiary/aromatic N) is 2. The molecule has 0 saturated carbocycles. The highest BCUT2D eigenvalue weighted by atomic mass is 35.5. The predicted molar refractivity (Wildman–Crippen MR) is 55.9 cm³/mol. The van der Waals surface area contributed by atoms with Crippen LogP contribution >= 0.6 is 11.6 Å². The molecule has 1 rings (SSSR count). The second-order valence-corrected chi connectivity index (χ2v) is 3.30. The van der Waals surface area contributed by atoms with Gasteiger partial charge in [0.15, 0.2) is 0 Å². The predicted octanol–water partition coefficient (Wildman–Crippen LogP) is 2.58. The smallest absolute Gasteiger partial charge is 0.129 e. The molecule has 0 aliphatic rings. The average Bonchev–Trinajstić information content (AvgIpc) is 2.14. The molecule has 0 bridgehead atoms. The van der Waals surface area contributed by atoms with Crippen molar-refractivity contribution in [2.24, 2.45) is 0 Å². The van der Waals surface area contributed by atoms with Gasteiger partial charge in [-0.2, -0.15) is 0 Å². The van der Waals surface area contributed by atoms with E-state index in [4.69, 9.17) is 11.6 Å². The third kappa shape index (κ3) is 3.33. The number of hydrogen-bond acceptors (Lipinski definition) is 2. The van der Waals surface area contributed by atoms with E-state index in [0.717, 1.165) is 25.3 Å². The van der Waals surface area contributed by atoms with Crippen molar-refractivity contribution < 1.29 is 0 Å². The molecule has 0 fully saturated rings. The molecular formula is C10H15ClN2. The average molecular weight is 199 g/mol. The van der Waals surface area contributed by atoms with E-state index in [1.165, 1.54) is 0 Å². The SMILES string of the molecule is CCN(CC)Cc1cccc(Cl)n1. The molecular weight excluding hydrogens is 184 g/mol. The number of hydrogen-bond donors (Lipinski definition) is 0. The summed E-state index contributed by atoms with van der Waals surface area (Å²) >= 11 is 5.79. The van der Waals surface area contributed by atoms with Gasteiger partial charge in [-0.15, -0.1) is 0 Å². The van der Waals surface area contributed by atoms with Crippen molar-refractivity contribution in [3.05, 3.63) is 29.0 Å². The quantitative estimate of drug-likeness (QED) is 0.692. The van der Waals surface area contributed by atoms with Crippen LogP contribution in [0.1, 0.15) is 19.5 Å².